The highest BCUT2D eigenvalue weighted by molar-refractivity contribution is 7.24. The lowest BCUT2D eigenvalue weighted by atomic mass is 10.1. The average Bonchev–Trinajstić information content (AvgIpc) is 2.62. The van der Waals surface area contributed by atoms with Gasteiger partial charge in [-0.3, -0.25) is 14.9 Å². The highest BCUT2D eigenvalue weighted by Crippen LogP contribution is 2.31. The predicted octanol–water partition coefficient (Wildman–Crippen LogP) is 5.07. The minimum absolute atomic E-state index is 0.000783. The van der Waals surface area contributed by atoms with Crippen molar-refractivity contribution >= 4 is 48.6 Å². The van der Waals surface area contributed by atoms with Gasteiger partial charge in [0, 0.05) is 32.6 Å². The molecule has 0 saturated heterocycles. The van der Waals surface area contributed by atoms with Crippen LogP contribution in [-0.4, -0.2) is 4.92 Å². The van der Waals surface area contributed by atoms with E-state index in [0.717, 1.165) is 9.40 Å². The standard InChI is InChI=1S/C19H12N2O3S/c22-19-14-7-1-2-9-16(14)25-17-10-4-8-15(18(17)19)20-12-5-3-6-13(11-12)21(23)24/h1-11,20H. The van der Waals surface area contributed by atoms with Gasteiger partial charge in [-0.1, -0.05) is 24.3 Å². The molecule has 0 bridgehead atoms. The summed E-state index contributed by atoms with van der Waals surface area (Å²) in [6, 6.07) is 19.3. The minimum atomic E-state index is -0.442. The summed E-state index contributed by atoms with van der Waals surface area (Å²) in [5.74, 6) is 0. The summed E-state index contributed by atoms with van der Waals surface area (Å²) in [4.78, 5) is 23.4. The molecule has 5 nitrogen and oxygen atoms in total. The lowest BCUT2D eigenvalue weighted by Gasteiger charge is -2.10. The Labute approximate surface area is 146 Å². The second-order valence-electron chi connectivity index (χ2n) is 5.54. The van der Waals surface area contributed by atoms with E-state index in [4.69, 9.17) is 0 Å². The first kappa shape index (κ1) is 15.3. The van der Waals surface area contributed by atoms with Crippen molar-refractivity contribution in [1.82, 2.24) is 0 Å². The van der Waals surface area contributed by atoms with Crippen LogP contribution in [0.3, 0.4) is 0 Å². The number of fused-ring (bicyclic) bond motifs is 2. The van der Waals surface area contributed by atoms with Gasteiger partial charge < -0.3 is 5.32 Å². The third-order valence-corrected chi connectivity index (χ3v) is 5.08. The zero-order chi connectivity index (χ0) is 17.4. The van der Waals surface area contributed by atoms with Crippen LogP contribution in [0.5, 0.6) is 0 Å². The third kappa shape index (κ3) is 2.72. The number of non-ortho nitro benzene ring substituents is 1. The van der Waals surface area contributed by atoms with E-state index in [1.165, 1.54) is 12.1 Å². The number of hydrogen-bond donors (Lipinski definition) is 1. The molecule has 0 unspecified atom stereocenters. The number of nitro groups is 1. The molecule has 0 radical (unpaired) electrons. The number of nitro benzene ring substituents is 1. The van der Waals surface area contributed by atoms with Crippen molar-refractivity contribution in [2.75, 3.05) is 5.32 Å². The molecule has 0 amide bonds. The maximum atomic E-state index is 12.9. The maximum Gasteiger partial charge on any atom is 0.271 e. The van der Waals surface area contributed by atoms with E-state index in [0.29, 0.717) is 22.1 Å². The molecule has 0 spiro atoms. The molecule has 4 aromatic rings. The van der Waals surface area contributed by atoms with E-state index in [1.54, 1.807) is 23.5 Å². The SMILES string of the molecule is O=c1c2ccccc2sc2cccc(Nc3cccc([N+](=O)[O-])c3)c12. The van der Waals surface area contributed by atoms with Crippen LogP contribution < -0.4 is 10.7 Å². The zero-order valence-electron chi connectivity index (χ0n) is 12.9. The van der Waals surface area contributed by atoms with Crippen LogP contribution in [0.1, 0.15) is 0 Å². The molecule has 1 N–H and O–H groups in total. The van der Waals surface area contributed by atoms with Gasteiger partial charge in [-0.15, -0.1) is 11.3 Å². The Hall–Kier alpha value is -3.25. The van der Waals surface area contributed by atoms with E-state index in [2.05, 4.69) is 5.32 Å². The van der Waals surface area contributed by atoms with E-state index in [1.807, 2.05) is 42.5 Å². The van der Waals surface area contributed by atoms with Crippen LogP contribution in [0.4, 0.5) is 17.1 Å². The second-order valence-corrected chi connectivity index (χ2v) is 6.62. The first-order chi connectivity index (χ1) is 12.1. The fourth-order valence-corrected chi connectivity index (χ4v) is 3.91. The van der Waals surface area contributed by atoms with Crippen molar-refractivity contribution in [3.63, 3.8) is 0 Å². The van der Waals surface area contributed by atoms with Crippen molar-refractivity contribution in [2.24, 2.45) is 0 Å². The highest BCUT2D eigenvalue weighted by atomic mass is 32.1. The Morgan fingerprint density at radius 2 is 1.68 bits per heavy atom. The van der Waals surface area contributed by atoms with Gasteiger partial charge in [-0.25, -0.2) is 0 Å². The third-order valence-electron chi connectivity index (χ3n) is 3.94. The molecule has 0 aliphatic carbocycles. The number of nitrogens with zero attached hydrogens (tertiary/aromatic N) is 1. The molecule has 1 aromatic heterocycles. The van der Waals surface area contributed by atoms with Gasteiger partial charge in [0.2, 0.25) is 0 Å². The van der Waals surface area contributed by atoms with Gasteiger partial charge in [0.05, 0.1) is 16.0 Å². The Balaban J connectivity index is 1.90. The maximum absolute atomic E-state index is 12.9. The molecule has 6 heteroatoms. The highest BCUT2D eigenvalue weighted by Gasteiger charge is 2.11. The van der Waals surface area contributed by atoms with Crippen LogP contribution in [0.25, 0.3) is 20.2 Å². The van der Waals surface area contributed by atoms with Crippen molar-refractivity contribution in [3.8, 4) is 0 Å². The van der Waals surface area contributed by atoms with E-state index >= 15 is 0 Å². The molecule has 0 fully saturated rings. The lowest BCUT2D eigenvalue weighted by Crippen LogP contribution is -2.04. The minimum Gasteiger partial charge on any atom is -0.355 e. The summed E-state index contributed by atoms with van der Waals surface area (Å²) in [5.41, 5.74) is 1.17. The normalized spacial score (nSPS) is 10.9. The summed E-state index contributed by atoms with van der Waals surface area (Å²) in [6.07, 6.45) is 0. The van der Waals surface area contributed by atoms with Crippen LogP contribution >= 0.6 is 11.3 Å². The zero-order valence-corrected chi connectivity index (χ0v) is 13.7. The second kappa shape index (κ2) is 5.99. The van der Waals surface area contributed by atoms with Gasteiger partial charge in [0.25, 0.3) is 5.69 Å². The van der Waals surface area contributed by atoms with E-state index in [9.17, 15) is 14.9 Å². The van der Waals surface area contributed by atoms with Crippen molar-refractivity contribution < 1.29 is 4.92 Å². The van der Waals surface area contributed by atoms with E-state index < -0.39 is 4.92 Å². The number of anilines is 2. The summed E-state index contributed by atoms with van der Waals surface area (Å²) < 4.78 is 1.81. The molecule has 0 aliphatic heterocycles. The molecular formula is C19H12N2O3S. The van der Waals surface area contributed by atoms with Gasteiger partial charge in [-0.2, -0.15) is 0 Å². The molecule has 122 valence electrons. The van der Waals surface area contributed by atoms with E-state index in [-0.39, 0.29) is 11.1 Å². The smallest absolute Gasteiger partial charge is 0.271 e. The number of benzene rings is 3. The Bertz CT molecular complexity index is 1180. The number of hydrogen-bond acceptors (Lipinski definition) is 5. The van der Waals surface area contributed by atoms with Gasteiger partial charge >= 0.3 is 0 Å². The van der Waals surface area contributed by atoms with Crippen LogP contribution in [0, 0.1) is 10.1 Å². The largest absolute Gasteiger partial charge is 0.355 e. The van der Waals surface area contributed by atoms with Gasteiger partial charge in [0.15, 0.2) is 5.43 Å². The van der Waals surface area contributed by atoms with Gasteiger partial charge in [-0.05, 0) is 30.3 Å². The van der Waals surface area contributed by atoms with Crippen molar-refractivity contribution in [1.29, 1.82) is 0 Å². The fraction of sp³-hybridized carbons (Fsp3) is 0. The Morgan fingerprint density at radius 1 is 0.920 bits per heavy atom. The molecule has 4 rings (SSSR count). The summed E-state index contributed by atoms with van der Waals surface area (Å²) >= 11 is 1.55. The van der Waals surface area contributed by atoms with Crippen molar-refractivity contribution in [3.05, 3.63) is 87.1 Å². The van der Waals surface area contributed by atoms with Gasteiger partial charge in [0.1, 0.15) is 0 Å². The fourth-order valence-electron chi connectivity index (χ4n) is 2.80. The first-order valence-corrected chi connectivity index (χ1v) is 8.41. The van der Waals surface area contributed by atoms with Crippen LogP contribution in [0.15, 0.2) is 71.5 Å². The number of rotatable bonds is 3. The molecule has 3 aromatic carbocycles. The predicted molar refractivity (Wildman–Crippen MR) is 102 cm³/mol. The first-order valence-electron chi connectivity index (χ1n) is 7.59. The van der Waals surface area contributed by atoms with Crippen LogP contribution in [-0.2, 0) is 0 Å². The monoisotopic (exact) mass is 348 g/mol. The molecular weight excluding hydrogens is 336 g/mol. The van der Waals surface area contributed by atoms with Crippen molar-refractivity contribution in [2.45, 2.75) is 0 Å². The molecule has 0 aliphatic rings. The topological polar surface area (TPSA) is 72.2 Å². The summed E-state index contributed by atoms with van der Waals surface area (Å²) in [5, 5.41) is 15.4. The quantitative estimate of drug-likeness (QED) is 0.319. The number of nitrogens with one attached hydrogen (secondary N) is 1. The molecule has 0 saturated carbocycles. The van der Waals surface area contributed by atoms with Crippen LogP contribution in [0.2, 0.25) is 0 Å². The molecule has 0 atom stereocenters. The summed E-state index contributed by atoms with van der Waals surface area (Å²) in [6.45, 7) is 0. The Morgan fingerprint density at radius 3 is 2.52 bits per heavy atom. The summed E-state index contributed by atoms with van der Waals surface area (Å²) in [7, 11) is 0. The molecule has 25 heavy (non-hydrogen) atoms. The molecule has 1 heterocycles. The average molecular weight is 348 g/mol. The lowest BCUT2D eigenvalue weighted by molar-refractivity contribution is -0.384. The Kier molecular flexibility index (Phi) is 3.66.